The number of nitrogens with zero attached hydrogens (tertiary/aromatic N) is 1. The maximum Gasteiger partial charge on any atom is 0.161 e. The summed E-state index contributed by atoms with van der Waals surface area (Å²) in [6.45, 7) is 2.24. The Kier molecular flexibility index (Phi) is 6.43. The first-order valence-electron chi connectivity index (χ1n) is 10.7. The normalized spacial score (nSPS) is 17.4. The fraction of sp³-hybridized carbons (Fsp3) is 0.360. The fourth-order valence-corrected chi connectivity index (χ4v) is 4.53. The van der Waals surface area contributed by atoms with Crippen molar-refractivity contribution in [3.05, 3.63) is 70.8 Å². The predicted octanol–water partition coefficient (Wildman–Crippen LogP) is 2.91. The third-order valence-corrected chi connectivity index (χ3v) is 6.28. The first-order chi connectivity index (χ1) is 15.1. The molecule has 1 aliphatic rings. The summed E-state index contributed by atoms with van der Waals surface area (Å²) in [6.07, 6.45) is 0.947. The second-order valence-electron chi connectivity index (χ2n) is 8.11. The first kappa shape index (κ1) is 21.6. The maximum atomic E-state index is 9.31. The average molecular weight is 422 g/mol. The highest BCUT2D eigenvalue weighted by atomic mass is 16.5. The summed E-state index contributed by atoms with van der Waals surface area (Å²) in [7, 11) is 3.33. The zero-order valence-electron chi connectivity index (χ0n) is 18.2. The third kappa shape index (κ3) is 4.25. The molecule has 0 aromatic heterocycles. The molecule has 0 saturated heterocycles. The Morgan fingerprint density at radius 1 is 1.03 bits per heavy atom. The summed E-state index contributed by atoms with van der Waals surface area (Å²) in [5, 5.41) is 11.6. The summed E-state index contributed by atoms with van der Waals surface area (Å²) < 4.78 is 11.0. The minimum absolute atomic E-state index is 0.0584. The highest BCUT2D eigenvalue weighted by Crippen LogP contribution is 2.38. The van der Waals surface area contributed by atoms with E-state index in [1.165, 1.54) is 22.1 Å². The van der Waals surface area contributed by atoms with Crippen LogP contribution in [0.3, 0.4) is 0 Å². The van der Waals surface area contributed by atoms with Crippen molar-refractivity contribution in [3.8, 4) is 11.5 Å². The molecule has 0 fully saturated rings. The van der Waals surface area contributed by atoms with Crippen molar-refractivity contribution in [2.45, 2.75) is 25.0 Å². The number of aliphatic hydroxyl groups excluding tert-OH is 1. The van der Waals surface area contributed by atoms with Crippen LogP contribution in [0, 0.1) is 0 Å². The molecule has 3 aromatic carbocycles. The monoisotopic (exact) mass is 421 g/mol. The van der Waals surface area contributed by atoms with E-state index in [-0.39, 0.29) is 18.7 Å². The summed E-state index contributed by atoms with van der Waals surface area (Å²) >= 11 is 0. The molecule has 0 saturated carbocycles. The van der Waals surface area contributed by atoms with E-state index in [0.29, 0.717) is 6.54 Å². The SMILES string of the molecule is COc1cc2c(cc1OC)C(CN)N(Cc1ccc3cc(C(N)CO)ccc3c1)CC2. The van der Waals surface area contributed by atoms with Crippen LogP contribution in [-0.4, -0.2) is 43.9 Å². The number of ether oxygens (including phenoxy) is 2. The topological polar surface area (TPSA) is 94.0 Å². The van der Waals surface area contributed by atoms with E-state index >= 15 is 0 Å². The molecule has 1 heterocycles. The minimum atomic E-state index is -0.349. The van der Waals surface area contributed by atoms with Gasteiger partial charge in [0.25, 0.3) is 0 Å². The van der Waals surface area contributed by atoms with E-state index in [2.05, 4.69) is 47.4 Å². The maximum absolute atomic E-state index is 9.31. The van der Waals surface area contributed by atoms with E-state index in [9.17, 15) is 5.11 Å². The molecular formula is C25H31N3O3. The van der Waals surface area contributed by atoms with Crippen LogP contribution in [0.2, 0.25) is 0 Å². The Morgan fingerprint density at radius 3 is 2.45 bits per heavy atom. The van der Waals surface area contributed by atoms with Gasteiger partial charge in [0.1, 0.15) is 0 Å². The smallest absolute Gasteiger partial charge is 0.161 e. The molecule has 0 radical (unpaired) electrons. The molecule has 3 aromatic rings. The van der Waals surface area contributed by atoms with E-state index in [0.717, 1.165) is 42.0 Å². The van der Waals surface area contributed by atoms with Gasteiger partial charge in [-0.25, -0.2) is 0 Å². The average Bonchev–Trinajstić information content (AvgIpc) is 2.82. The zero-order chi connectivity index (χ0) is 22.0. The summed E-state index contributed by atoms with van der Waals surface area (Å²) in [5.74, 6) is 1.50. The van der Waals surface area contributed by atoms with Crippen LogP contribution in [-0.2, 0) is 13.0 Å². The minimum Gasteiger partial charge on any atom is -0.493 e. The van der Waals surface area contributed by atoms with Crippen LogP contribution >= 0.6 is 0 Å². The van der Waals surface area contributed by atoms with Crippen molar-refractivity contribution in [2.75, 3.05) is 33.9 Å². The van der Waals surface area contributed by atoms with Gasteiger partial charge in [-0.15, -0.1) is 0 Å². The number of benzene rings is 3. The van der Waals surface area contributed by atoms with Crippen LogP contribution in [0.1, 0.15) is 34.3 Å². The second kappa shape index (κ2) is 9.24. The van der Waals surface area contributed by atoms with Crippen molar-refractivity contribution < 1.29 is 14.6 Å². The van der Waals surface area contributed by atoms with Crippen molar-refractivity contribution in [1.82, 2.24) is 4.90 Å². The van der Waals surface area contributed by atoms with Gasteiger partial charge in [-0.2, -0.15) is 0 Å². The number of nitrogens with two attached hydrogens (primary N) is 2. The number of hydrogen-bond acceptors (Lipinski definition) is 6. The van der Waals surface area contributed by atoms with Crippen molar-refractivity contribution in [1.29, 1.82) is 0 Å². The Labute approximate surface area is 183 Å². The lowest BCUT2D eigenvalue weighted by atomic mass is 9.91. The number of methoxy groups -OCH3 is 2. The Hall–Kier alpha value is -2.64. The van der Waals surface area contributed by atoms with Crippen LogP contribution < -0.4 is 20.9 Å². The summed E-state index contributed by atoms with van der Waals surface area (Å²) in [6, 6.07) is 16.6. The molecule has 5 N–H and O–H groups in total. The van der Waals surface area contributed by atoms with Crippen LogP contribution in [0.25, 0.3) is 10.8 Å². The van der Waals surface area contributed by atoms with Gasteiger partial charge < -0.3 is 26.0 Å². The molecule has 0 aliphatic carbocycles. The highest BCUT2D eigenvalue weighted by Gasteiger charge is 2.28. The number of fused-ring (bicyclic) bond motifs is 2. The fourth-order valence-electron chi connectivity index (χ4n) is 4.53. The molecule has 0 amide bonds. The van der Waals surface area contributed by atoms with E-state index in [4.69, 9.17) is 20.9 Å². The van der Waals surface area contributed by atoms with Gasteiger partial charge in [0.15, 0.2) is 11.5 Å². The van der Waals surface area contributed by atoms with Gasteiger partial charge in [-0.1, -0.05) is 24.3 Å². The van der Waals surface area contributed by atoms with Gasteiger partial charge in [-0.05, 0) is 63.7 Å². The molecular weight excluding hydrogens is 390 g/mol. The number of aliphatic hydroxyl groups is 1. The Morgan fingerprint density at radius 2 is 1.74 bits per heavy atom. The summed E-state index contributed by atoms with van der Waals surface area (Å²) in [4.78, 5) is 2.44. The second-order valence-corrected chi connectivity index (χ2v) is 8.11. The highest BCUT2D eigenvalue weighted by molar-refractivity contribution is 5.84. The molecule has 31 heavy (non-hydrogen) atoms. The standard InChI is InChI=1S/C25H31N3O3/c1-30-24-11-19-7-8-28(23(13-26)21(19)12-25(24)31-2)14-16-3-4-18-10-20(22(27)15-29)6-5-17(18)9-16/h3-6,9-12,22-23,29H,7-8,13-15,26-27H2,1-2H3. The van der Waals surface area contributed by atoms with Gasteiger partial charge >= 0.3 is 0 Å². The lowest BCUT2D eigenvalue weighted by Gasteiger charge is -2.37. The molecule has 164 valence electrons. The molecule has 2 unspecified atom stereocenters. The molecule has 0 spiro atoms. The quantitative estimate of drug-likeness (QED) is 0.543. The zero-order valence-corrected chi connectivity index (χ0v) is 18.2. The largest absolute Gasteiger partial charge is 0.493 e. The molecule has 6 nitrogen and oxygen atoms in total. The van der Waals surface area contributed by atoms with Crippen LogP contribution in [0.5, 0.6) is 11.5 Å². The molecule has 1 aliphatic heterocycles. The Bertz CT molecular complexity index is 1070. The third-order valence-electron chi connectivity index (χ3n) is 6.28. The van der Waals surface area contributed by atoms with Gasteiger partial charge in [-0.3, -0.25) is 4.90 Å². The molecule has 4 rings (SSSR count). The first-order valence-corrected chi connectivity index (χ1v) is 10.7. The van der Waals surface area contributed by atoms with Crippen LogP contribution in [0.4, 0.5) is 0 Å². The number of hydrogen-bond donors (Lipinski definition) is 3. The lowest BCUT2D eigenvalue weighted by molar-refractivity contribution is 0.180. The summed E-state index contributed by atoms with van der Waals surface area (Å²) in [5.41, 5.74) is 16.9. The predicted molar refractivity (Wildman–Crippen MR) is 123 cm³/mol. The van der Waals surface area contributed by atoms with E-state index in [1.54, 1.807) is 14.2 Å². The van der Waals surface area contributed by atoms with Gasteiger partial charge in [0.2, 0.25) is 0 Å². The molecule has 6 heteroatoms. The molecule has 2 atom stereocenters. The van der Waals surface area contributed by atoms with E-state index < -0.39 is 0 Å². The Balaban J connectivity index is 1.60. The van der Waals surface area contributed by atoms with Crippen molar-refractivity contribution >= 4 is 10.8 Å². The number of rotatable bonds is 7. The van der Waals surface area contributed by atoms with Crippen molar-refractivity contribution in [2.24, 2.45) is 11.5 Å². The van der Waals surface area contributed by atoms with Crippen molar-refractivity contribution in [3.63, 3.8) is 0 Å². The van der Waals surface area contributed by atoms with Gasteiger partial charge in [0, 0.05) is 25.7 Å². The lowest BCUT2D eigenvalue weighted by Crippen LogP contribution is -2.38. The van der Waals surface area contributed by atoms with E-state index in [1.807, 2.05) is 6.07 Å². The van der Waals surface area contributed by atoms with Gasteiger partial charge in [0.05, 0.1) is 26.9 Å². The van der Waals surface area contributed by atoms with Crippen LogP contribution in [0.15, 0.2) is 48.5 Å². The molecule has 0 bridgehead atoms.